The smallest absolute Gasteiger partial charge is 0.145 e. The van der Waals surface area contributed by atoms with Crippen LogP contribution >= 0.6 is 23.5 Å². The molecule has 2 rings (SSSR count). The number of hydrazine groups is 1. The molecule has 106 valence electrons. The Bertz CT molecular complexity index is 445. The SMILES string of the molecule is CC1SCCSC1c1nc(NN)cc(C(C)(C)C)n1. The van der Waals surface area contributed by atoms with Gasteiger partial charge in [0.15, 0.2) is 0 Å². The summed E-state index contributed by atoms with van der Waals surface area (Å²) in [4.78, 5) is 9.34. The number of nitrogens with two attached hydrogens (primary N) is 1. The molecular formula is C13H22N4S2. The molecule has 2 atom stereocenters. The quantitative estimate of drug-likeness (QED) is 0.646. The van der Waals surface area contributed by atoms with Gasteiger partial charge in [0.1, 0.15) is 11.6 Å². The third-order valence-electron chi connectivity index (χ3n) is 3.10. The molecule has 1 aromatic heterocycles. The van der Waals surface area contributed by atoms with E-state index in [4.69, 9.17) is 10.8 Å². The maximum Gasteiger partial charge on any atom is 0.145 e. The van der Waals surface area contributed by atoms with Crippen molar-refractivity contribution in [1.29, 1.82) is 0 Å². The Labute approximate surface area is 123 Å². The van der Waals surface area contributed by atoms with Gasteiger partial charge in [-0.3, -0.25) is 0 Å². The Morgan fingerprint density at radius 1 is 1.26 bits per heavy atom. The van der Waals surface area contributed by atoms with Crippen molar-refractivity contribution in [2.24, 2.45) is 5.84 Å². The minimum absolute atomic E-state index is 0.000988. The second kappa shape index (κ2) is 5.89. The van der Waals surface area contributed by atoms with Crippen LogP contribution in [0, 0.1) is 0 Å². The number of nitrogen functional groups attached to an aromatic ring is 1. The van der Waals surface area contributed by atoms with E-state index in [1.807, 2.05) is 29.6 Å². The minimum Gasteiger partial charge on any atom is -0.308 e. The van der Waals surface area contributed by atoms with Gasteiger partial charge in [-0.25, -0.2) is 15.8 Å². The highest BCUT2D eigenvalue weighted by Gasteiger charge is 2.28. The number of aromatic nitrogens is 2. The van der Waals surface area contributed by atoms with Crippen LogP contribution in [-0.4, -0.2) is 26.7 Å². The number of nitrogens with zero attached hydrogens (tertiary/aromatic N) is 2. The second-order valence-corrected chi connectivity index (χ2v) is 8.49. The summed E-state index contributed by atoms with van der Waals surface area (Å²) in [6, 6.07) is 1.94. The molecule has 2 unspecified atom stereocenters. The molecule has 3 N–H and O–H groups in total. The first-order valence-corrected chi connectivity index (χ1v) is 8.61. The van der Waals surface area contributed by atoms with E-state index in [1.165, 1.54) is 5.75 Å². The van der Waals surface area contributed by atoms with Crippen molar-refractivity contribution in [1.82, 2.24) is 9.97 Å². The minimum atomic E-state index is -0.000988. The summed E-state index contributed by atoms with van der Waals surface area (Å²) in [5.41, 5.74) is 3.70. The molecule has 1 aliphatic rings. The van der Waals surface area contributed by atoms with Crippen molar-refractivity contribution >= 4 is 29.3 Å². The van der Waals surface area contributed by atoms with Crippen LogP contribution in [0.25, 0.3) is 0 Å². The average molecular weight is 298 g/mol. The molecule has 0 amide bonds. The fourth-order valence-electron chi connectivity index (χ4n) is 1.97. The van der Waals surface area contributed by atoms with Crippen molar-refractivity contribution < 1.29 is 0 Å². The predicted molar refractivity (Wildman–Crippen MR) is 85.7 cm³/mol. The van der Waals surface area contributed by atoms with Crippen LogP contribution in [-0.2, 0) is 5.41 Å². The largest absolute Gasteiger partial charge is 0.308 e. The van der Waals surface area contributed by atoms with E-state index in [0.717, 1.165) is 17.3 Å². The molecule has 6 heteroatoms. The lowest BCUT2D eigenvalue weighted by Crippen LogP contribution is -2.23. The molecule has 1 aromatic rings. The van der Waals surface area contributed by atoms with Crippen LogP contribution in [0.4, 0.5) is 5.82 Å². The molecule has 1 fully saturated rings. The Morgan fingerprint density at radius 3 is 2.53 bits per heavy atom. The third kappa shape index (κ3) is 3.55. The van der Waals surface area contributed by atoms with Gasteiger partial charge < -0.3 is 5.43 Å². The van der Waals surface area contributed by atoms with Gasteiger partial charge in [0.25, 0.3) is 0 Å². The molecule has 19 heavy (non-hydrogen) atoms. The topological polar surface area (TPSA) is 63.8 Å². The lowest BCUT2D eigenvalue weighted by atomic mass is 9.92. The van der Waals surface area contributed by atoms with Crippen molar-refractivity contribution in [3.8, 4) is 0 Å². The van der Waals surface area contributed by atoms with Crippen LogP contribution in [0.1, 0.15) is 44.5 Å². The summed E-state index contributed by atoms with van der Waals surface area (Å²) in [6.45, 7) is 8.73. The molecule has 0 radical (unpaired) electrons. The highest BCUT2D eigenvalue weighted by molar-refractivity contribution is 8.06. The zero-order valence-electron chi connectivity index (χ0n) is 11.9. The molecule has 0 aromatic carbocycles. The fourth-order valence-corrected chi connectivity index (χ4v) is 4.66. The number of thioether (sulfide) groups is 2. The van der Waals surface area contributed by atoms with Crippen molar-refractivity contribution in [3.05, 3.63) is 17.6 Å². The Morgan fingerprint density at radius 2 is 1.95 bits per heavy atom. The van der Waals surface area contributed by atoms with Gasteiger partial charge in [-0.2, -0.15) is 11.8 Å². The van der Waals surface area contributed by atoms with Crippen LogP contribution in [0.15, 0.2) is 6.07 Å². The molecular weight excluding hydrogens is 276 g/mol. The lowest BCUT2D eigenvalue weighted by Gasteiger charge is -2.28. The van der Waals surface area contributed by atoms with Gasteiger partial charge in [0, 0.05) is 28.2 Å². The zero-order chi connectivity index (χ0) is 14.0. The molecule has 0 bridgehead atoms. The first-order valence-electron chi connectivity index (χ1n) is 6.51. The number of nitrogens with one attached hydrogen (secondary N) is 1. The van der Waals surface area contributed by atoms with Crippen molar-refractivity contribution in [3.63, 3.8) is 0 Å². The maximum absolute atomic E-state index is 5.54. The molecule has 0 saturated carbocycles. The van der Waals surface area contributed by atoms with Gasteiger partial charge >= 0.3 is 0 Å². The van der Waals surface area contributed by atoms with Crippen molar-refractivity contribution in [2.45, 2.75) is 43.6 Å². The summed E-state index contributed by atoms with van der Waals surface area (Å²) in [6.07, 6.45) is 0. The molecule has 1 aliphatic heterocycles. The van der Waals surface area contributed by atoms with Crippen LogP contribution in [0.3, 0.4) is 0 Å². The van der Waals surface area contributed by atoms with Gasteiger partial charge in [-0.1, -0.05) is 27.7 Å². The van der Waals surface area contributed by atoms with Gasteiger partial charge in [-0.05, 0) is 0 Å². The molecule has 0 aliphatic carbocycles. The van der Waals surface area contributed by atoms with E-state index in [1.54, 1.807) is 0 Å². The van der Waals surface area contributed by atoms with Gasteiger partial charge in [0.2, 0.25) is 0 Å². The standard InChI is InChI=1S/C13H22N4S2/c1-8-11(19-6-5-18-8)12-15-9(13(2,3)4)7-10(16-12)17-14/h7-8,11H,5-6,14H2,1-4H3,(H,15,16,17). The monoisotopic (exact) mass is 298 g/mol. The van der Waals surface area contributed by atoms with E-state index < -0.39 is 0 Å². The predicted octanol–water partition coefficient (Wildman–Crippen LogP) is 2.97. The van der Waals surface area contributed by atoms with E-state index in [-0.39, 0.29) is 5.41 Å². The summed E-state index contributed by atoms with van der Waals surface area (Å²) < 4.78 is 0. The second-order valence-electron chi connectivity index (χ2n) is 5.76. The van der Waals surface area contributed by atoms with Gasteiger partial charge in [-0.15, -0.1) is 11.8 Å². The van der Waals surface area contributed by atoms with E-state index in [2.05, 4.69) is 38.1 Å². The first-order chi connectivity index (χ1) is 8.91. The summed E-state index contributed by atoms with van der Waals surface area (Å²) in [7, 11) is 0. The van der Waals surface area contributed by atoms with E-state index >= 15 is 0 Å². The Balaban J connectivity index is 2.39. The van der Waals surface area contributed by atoms with E-state index in [9.17, 15) is 0 Å². The highest BCUT2D eigenvalue weighted by atomic mass is 32.2. The van der Waals surface area contributed by atoms with Crippen LogP contribution in [0.5, 0.6) is 0 Å². The zero-order valence-corrected chi connectivity index (χ0v) is 13.6. The van der Waals surface area contributed by atoms with E-state index in [0.29, 0.717) is 16.3 Å². The molecule has 2 heterocycles. The summed E-state index contributed by atoms with van der Waals surface area (Å²) >= 11 is 3.94. The maximum atomic E-state index is 5.54. The normalized spacial score (nSPS) is 24.3. The Kier molecular flexibility index (Phi) is 4.63. The van der Waals surface area contributed by atoms with Crippen LogP contribution < -0.4 is 11.3 Å². The number of hydrogen-bond donors (Lipinski definition) is 2. The third-order valence-corrected chi connectivity index (χ3v) is 6.19. The summed E-state index contributed by atoms with van der Waals surface area (Å²) in [5, 5.41) is 0.896. The summed E-state index contributed by atoms with van der Waals surface area (Å²) in [5.74, 6) is 9.53. The average Bonchev–Trinajstić information content (AvgIpc) is 2.37. The lowest BCUT2D eigenvalue weighted by molar-refractivity contribution is 0.561. The number of hydrogen-bond acceptors (Lipinski definition) is 6. The van der Waals surface area contributed by atoms with Crippen molar-refractivity contribution in [2.75, 3.05) is 16.9 Å². The first kappa shape index (κ1) is 14.9. The molecule has 4 nitrogen and oxygen atoms in total. The van der Waals surface area contributed by atoms with Gasteiger partial charge in [0.05, 0.1) is 10.9 Å². The molecule has 1 saturated heterocycles. The number of rotatable bonds is 2. The fraction of sp³-hybridized carbons (Fsp3) is 0.692. The molecule has 0 spiro atoms. The highest BCUT2D eigenvalue weighted by Crippen LogP contribution is 2.41. The van der Waals surface area contributed by atoms with Crippen LogP contribution in [0.2, 0.25) is 0 Å². The number of anilines is 1. The Hall–Kier alpha value is -0.460.